The number of hydrogen-bond acceptors (Lipinski definition) is 3. The average Bonchev–Trinajstić information content (AvgIpc) is 2.39. The van der Waals surface area contributed by atoms with Crippen LogP contribution in [0.15, 0.2) is 0 Å². The van der Waals surface area contributed by atoms with Crippen LogP contribution in [-0.4, -0.2) is 36.6 Å². The first-order valence-corrected chi connectivity index (χ1v) is 7.31. The summed E-state index contributed by atoms with van der Waals surface area (Å²) in [7, 11) is 0. The highest BCUT2D eigenvalue weighted by Crippen LogP contribution is 2.34. The first-order chi connectivity index (χ1) is 9.10. The van der Waals surface area contributed by atoms with Crippen molar-refractivity contribution in [2.45, 2.75) is 51.9 Å². The Morgan fingerprint density at radius 2 is 1.95 bits per heavy atom. The van der Waals surface area contributed by atoms with Gasteiger partial charge in [0.2, 0.25) is 5.91 Å². The maximum absolute atomic E-state index is 12.4. The lowest BCUT2D eigenvalue weighted by Crippen LogP contribution is -2.47. The molecule has 0 aliphatic carbocycles. The molecule has 1 heterocycles. The summed E-state index contributed by atoms with van der Waals surface area (Å²) in [5, 5.41) is 14.8. The van der Waals surface area contributed by atoms with E-state index in [9.17, 15) is 9.59 Å². The van der Waals surface area contributed by atoms with Crippen LogP contribution >= 0.6 is 0 Å². The van der Waals surface area contributed by atoms with Gasteiger partial charge in [-0.05, 0) is 45.2 Å². The normalized spacial score (nSPS) is 17.9. The van der Waals surface area contributed by atoms with Gasteiger partial charge in [0, 0.05) is 13.0 Å². The predicted octanol–water partition coefficient (Wildman–Crippen LogP) is 1.53. The van der Waals surface area contributed by atoms with Crippen LogP contribution in [0.3, 0.4) is 0 Å². The maximum Gasteiger partial charge on any atom is 0.303 e. The number of piperidine rings is 1. The van der Waals surface area contributed by atoms with E-state index in [1.165, 1.54) is 0 Å². The smallest absolute Gasteiger partial charge is 0.303 e. The van der Waals surface area contributed by atoms with E-state index in [-0.39, 0.29) is 17.7 Å². The van der Waals surface area contributed by atoms with Crippen molar-refractivity contribution >= 4 is 11.9 Å². The van der Waals surface area contributed by atoms with E-state index >= 15 is 0 Å². The minimum atomic E-state index is -0.771. The molecular formula is C14H26N2O3. The Morgan fingerprint density at radius 1 is 1.26 bits per heavy atom. The number of carbonyl (C=O) groups is 2. The molecule has 0 unspecified atom stereocenters. The van der Waals surface area contributed by atoms with E-state index in [0.29, 0.717) is 13.0 Å². The lowest BCUT2D eigenvalue weighted by Gasteiger charge is -2.36. The zero-order valence-electron chi connectivity index (χ0n) is 11.8. The van der Waals surface area contributed by atoms with Crippen molar-refractivity contribution in [3.05, 3.63) is 0 Å². The molecule has 5 heteroatoms. The van der Waals surface area contributed by atoms with Crippen molar-refractivity contribution in [1.82, 2.24) is 10.6 Å². The van der Waals surface area contributed by atoms with Crippen molar-refractivity contribution < 1.29 is 14.7 Å². The molecule has 0 saturated carbocycles. The highest BCUT2D eigenvalue weighted by molar-refractivity contribution is 5.82. The van der Waals surface area contributed by atoms with Gasteiger partial charge < -0.3 is 15.7 Å². The van der Waals surface area contributed by atoms with Crippen LogP contribution in [-0.2, 0) is 9.59 Å². The topological polar surface area (TPSA) is 78.4 Å². The van der Waals surface area contributed by atoms with E-state index in [0.717, 1.165) is 45.2 Å². The van der Waals surface area contributed by atoms with Crippen LogP contribution in [0.2, 0.25) is 0 Å². The number of carbonyl (C=O) groups excluding carboxylic acids is 1. The first kappa shape index (κ1) is 16.0. The molecule has 0 radical (unpaired) electrons. The van der Waals surface area contributed by atoms with E-state index in [1.807, 2.05) is 0 Å². The molecule has 0 atom stereocenters. The summed E-state index contributed by atoms with van der Waals surface area (Å²) in [6, 6.07) is 0. The van der Waals surface area contributed by atoms with Crippen LogP contribution in [0, 0.1) is 5.41 Å². The fourth-order valence-corrected chi connectivity index (χ4v) is 2.77. The third-order valence-corrected chi connectivity index (χ3v) is 3.87. The standard InChI is InChI=1S/C14H26N2O3/c1-2-6-14(7-10-15-11-8-14)13(19)16-9-4-3-5-12(17)18/h15H,2-11H2,1H3,(H,16,19)(H,17,18). The van der Waals surface area contributed by atoms with Crippen molar-refractivity contribution in [3.63, 3.8) is 0 Å². The molecule has 19 heavy (non-hydrogen) atoms. The molecule has 1 amide bonds. The minimum absolute atomic E-state index is 0.158. The molecule has 0 aromatic heterocycles. The molecule has 1 aliphatic heterocycles. The third kappa shape index (κ3) is 5.19. The van der Waals surface area contributed by atoms with E-state index in [1.54, 1.807) is 0 Å². The molecule has 1 rings (SSSR count). The quantitative estimate of drug-likeness (QED) is 0.584. The number of hydrogen-bond donors (Lipinski definition) is 3. The molecule has 0 aromatic carbocycles. The van der Waals surface area contributed by atoms with Crippen molar-refractivity contribution in [1.29, 1.82) is 0 Å². The fourth-order valence-electron chi connectivity index (χ4n) is 2.77. The van der Waals surface area contributed by atoms with E-state index in [4.69, 9.17) is 5.11 Å². The van der Waals surface area contributed by atoms with Crippen LogP contribution in [0.25, 0.3) is 0 Å². The zero-order chi connectivity index (χ0) is 14.1. The number of carboxylic acid groups (broad SMARTS) is 1. The van der Waals surface area contributed by atoms with Gasteiger partial charge >= 0.3 is 5.97 Å². The molecule has 0 spiro atoms. The van der Waals surface area contributed by atoms with Crippen LogP contribution < -0.4 is 10.6 Å². The molecule has 110 valence electrons. The highest BCUT2D eigenvalue weighted by Gasteiger charge is 2.38. The molecule has 1 saturated heterocycles. The van der Waals surface area contributed by atoms with Crippen molar-refractivity contribution in [2.24, 2.45) is 5.41 Å². The first-order valence-electron chi connectivity index (χ1n) is 7.31. The molecular weight excluding hydrogens is 244 g/mol. The van der Waals surface area contributed by atoms with Gasteiger partial charge in [-0.15, -0.1) is 0 Å². The largest absolute Gasteiger partial charge is 0.481 e. The maximum atomic E-state index is 12.4. The summed E-state index contributed by atoms with van der Waals surface area (Å²) in [6.45, 7) is 4.52. The Morgan fingerprint density at radius 3 is 2.53 bits per heavy atom. The zero-order valence-corrected chi connectivity index (χ0v) is 11.8. The molecule has 5 nitrogen and oxygen atoms in total. The van der Waals surface area contributed by atoms with Crippen molar-refractivity contribution in [3.8, 4) is 0 Å². The summed E-state index contributed by atoms with van der Waals surface area (Å²) in [4.78, 5) is 22.7. The molecule has 0 aromatic rings. The number of rotatable bonds is 8. The Balaban J connectivity index is 2.33. The van der Waals surface area contributed by atoms with Gasteiger partial charge in [-0.1, -0.05) is 13.3 Å². The SMILES string of the molecule is CCCC1(C(=O)NCCCCC(=O)O)CCNCC1. The van der Waals surface area contributed by atoms with Crippen LogP contribution in [0.4, 0.5) is 0 Å². The van der Waals surface area contributed by atoms with Gasteiger partial charge in [-0.3, -0.25) is 9.59 Å². The molecule has 1 aliphatic rings. The third-order valence-electron chi connectivity index (χ3n) is 3.87. The molecule has 1 fully saturated rings. The van der Waals surface area contributed by atoms with E-state index < -0.39 is 5.97 Å². The predicted molar refractivity (Wildman–Crippen MR) is 73.9 cm³/mol. The van der Waals surface area contributed by atoms with Crippen LogP contribution in [0.5, 0.6) is 0 Å². The number of amides is 1. The summed E-state index contributed by atoms with van der Waals surface area (Å²) in [6.07, 6.45) is 5.31. The summed E-state index contributed by atoms with van der Waals surface area (Å²) in [5.74, 6) is -0.613. The number of carboxylic acids is 1. The Hall–Kier alpha value is -1.10. The van der Waals surface area contributed by atoms with Gasteiger partial charge in [-0.2, -0.15) is 0 Å². The number of aliphatic carboxylic acids is 1. The Kier molecular flexibility index (Phi) is 6.84. The second-order valence-electron chi connectivity index (χ2n) is 5.39. The minimum Gasteiger partial charge on any atom is -0.481 e. The lowest BCUT2D eigenvalue weighted by atomic mass is 9.74. The Labute approximate surface area is 115 Å². The number of nitrogens with one attached hydrogen (secondary N) is 2. The summed E-state index contributed by atoms with van der Waals surface area (Å²) < 4.78 is 0. The molecule has 0 bridgehead atoms. The van der Waals surface area contributed by atoms with Gasteiger partial charge in [0.1, 0.15) is 0 Å². The summed E-state index contributed by atoms with van der Waals surface area (Å²) in [5.41, 5.74) is -0.202. The lowest BCUT2D eigenvalue weighted by molar-refractivity contribution is -0.137. The van der Waals surface area contributed by atoms with Gasteiger partial charge in [0.05, 0.1) is 5.41 Å². The van der Waals surface area contributed by atoms with E-state index in [2.05, 4.69) is 17.6 Å². The summed E-state index contributed by atoms with van der Waals surface area (Å²) >= 11 is 0. The molecule has 3 N–H and O–H groups in total. The van der Waals surface area contributed by atoms with Gasteiger partial charge in [0.15, 0.2) is 0 Å². The van der Waals surface area contributed by atoms with Gasteiger partial charge in [0.25, 0.3) is 0 Å². The monoisotopic (exact) mass is 270 g/mol. The van der Waals surface area contributed by atoms with Crippen molar-refractivity contribution in [2.75, 3.05) is 19.6 Å². The van der Waals surface area contributed by atoms with Gasteiger partial charge in [-0.25, -0.2) is 0 Å². The second-order valence-corrected chi connectivity index (χ2v) is 5.39. The highest BCUT2D eigenvalue weighted by atomic mass is 16.4. The van der Waals surface area contributed by atoms with Crippen LogP contribution in [0.1, 0.15) is 51.9 Å². The number of unbranched alkanes of at least 4 members (excludes halogenated alkanes) is 1. The fraction of sp³-hybridized carbons (Fsp3) is 0.857. The second kappa shape index (κ2) is 8.15. The Bertz CT molecular complexity index is 294. The average molecular weight is 270 g/mol.